The van der Waals surface area contributed by atoms with Crippen LogP contribution < -0.4 is 15.9 Å². The normalized spacial score (nSPS) is 12.3. The molecule has 0 radical (unpaired) electrons. The summed E-state index contributed by atoms with van der Waals surface area (Å²) in [5.74, 6) is 0.758. The molecule has 0 aliphatic rings. The van der Waals surface area contributed by atoms with E-state index in [1.54, 1.807) is 0 Å². The molecule has 0 spiro atoms. The van der Waals surface area contributed by atoms with Crippen molar-refractivity contribution in [1.29, 1.82) is 0 Å². The molecule has 0 saturated carbocycles. The van der Waals surface area contributed by atoms with Gasteiger partial charge in [0.2, 0.25) is 0 Å². The van der Waals surface area contributed by atoms with Gasteiger partial charge in [0.1, 0.15) is 0 Å². The number of rotatable bonds is 7. The summed E-state index contributed by atoms with van der Waals surface area (Å²) in [5.41, 5.74) is 0. The fourth-order valence-corrected chi connectivity index (χ4v) is 8.76. The topological polar surface area (TPSA) is 0 Å². The second-order valence-electron chi connectivity index (χ2n) is 7.29. The summed E-state index contributed by atoms with van der Waals surface area (Å²) >= 11 is 0. The summed E-state index contributed by atoms with van der Waals surface area (Å²) in [5, 5.41) is 4.57. The van der Waals surface area contributed by atoms with Crippen LogP contribution in [0.1, 0.15) is 26.7 Å². The van der Waals surface area contributed by atoms with Crippen LogP contribution in [0.25, 0.3) is 0 Å². The van der Waals surface area contributed by atoms with Crippen molar-refractivity contribution >= 4 is 23.2 Å². The first-order valence-electron chi connectivity index (χ1n) is 9.40. The maximum absolute atomic E-state index is 2.35. The van der Waals surface area contributed by atoms with Crippen LogP contribution in [0.15, 0.2) is 91.0 Å². The molecule has 0 heterocycles. The van der Waals surface area contributed by atoms with Gasteiger partial charge in [-0.1, -0.05) is 0 Å². The molecule has 1 heteroatoms. The maximum atomic E-state index is 2.35. The molecule has 0 amide bonds. The number of hydrogen-bond donors (Lipinski definition) is 0. The van der Waals surface area contributed by atoms with E-state index in [2.05, 4.69) is 105 Å². The van der Waals surface area contributed by atoms with Crippen LogP contribution >= 0.6 is 7.26 Å². The summed E-state index contributed by atoms with van der Waals surface area (Å²) in [6.45, 7) is 4.66. The van der Waals surface area contributed by atoms with Crippen molar-refractivity contribution in [2.45, 2.75) is 26.7 Å². The van der Waals surface area contributed by atoms with Gasteiger partial charge in [0.25, 0.3) is 0 Å². The zero-order valence-corrected chi connectivity index (χ0v) is 16.4. The van der Waals surface area contributed by atoms with E-state index in [9.17, 15) is 0 Å². The molecule has 130 valence electrons. The van der Waals surface area contributed by atoms with Crippen LogP contribution in [0.5, 0.6) is 0 Å². The third-order valence-corrected chi connectivity index (χ3v) is 10.2. The van der Waals surface area contributed by atoms with Gasteiger partial charge in [-0.25, -0.2) is 0 Å². The standard InChI is InChI=1S/C24H29P/c1-21(2)13-12-20-25(22-14-6-3-7-15-22,23-16-8-4-9-17-23)24-18-10-5-11-19-24/h3-11,14-19,21,25H,12-13,20H2,1-2H3. The SMILES string of the molecule is CC(C)CCC[PH](c1ccccc1)(c1ccccc1)c1ccccc1. The van der Waals surface area contributed by atoms with E-state index in [1.165, 1.54) is 34.9 Å². The van der Waals surface area contributed by atoms with Gasteiger partial charge in [-0.15, -0.1) is 0 Å². The van der Waals surface area contributed by atoms with Crippen LogP contribution in [0, 0.1) is 5.92 Å². The third-order valence-electron chi connectivity index (χ3n) is 5.13. The Morgan fingerprint density at radius 1 is 0.600 bits per heavy atom. The van der Waals surface area contributed by atoms with E-state index >= 15 is 0 Å². The van der Waals surface area contributed by atoms with Crippen molar-refractivity contribution in [2.75, 3.05) is 6.16 Å². The Hall–Kier alpha value is -1.91. The molecule has 0 bridgehead atoms. The number of benzene rings is 3. The Morgan fingerprint density at radius 3 is 1.28 bits per heavy atom. The Balaban J connectivity index is 2.16. The van der Waals surface area contributed by atoms with Crippen molar-refractivity contribution in [3.63, 3.8) is 0 Å². The van der Waals surface area contributed by atoms with Crippen LogP contribution in [0.3, 0.4) is 0 Å². The molecular formula is C24H29P. The van der Waals surface area contributed by atoms with E-state index in [1.807, 2.05) is 0 Å². The van der Waals surface area contributed by atoms with Gasteiger partial charge in [0, 0.05) is 0 Å². The van der Waals surface area contributed by atoms with E-state index in [-0.39, 0.29) is 0 Å². The van der Waals surface area contributed by atoms with Gasteiger partial charge in [0.15, 0.2) is 0 Å². The molecule has 0 saturated heterocycles. The molecule has 0 fully saturated rings. The Bertz CT molecular complexity index is 651. The molecule has 0 aliphatic carbocycles. The van der Waals surface area contributed by atoms with Gasteiger partial charge >= 0.3 is 153 Å². The second-order valence-corrected chi connectivity index (χ2v) is 11.3. The summed E-state index contributed by atoms with van der Waals surface area (Å²) in [6, 6.07) is 33.7. The van der Waals surface area contributed by atoms with Crippen molar-refractivity contribution in [2.24, 2.45) is 5.92 Å². The van der Waals surface area contributed by atoms with Gasteiger partial charge in [-0.05, 0) is 0 Å². The molecule has 3 aromatic carbocycles. The van der Waals surface area contributed by atoms with Crippen LogP contribution in [-0.4, -0.2) is 6.16 Å². The molecule has 0 N–H and O–H groups in total. The third kappa shape index (κ3) is 4.02. The zero-order valence-electron chi connectivity index (χ0n) is 15.4. The predicted octanol–water partition coefficient (Wildman–Crippen LogP) is 5.15. The first-order chi connectivity index (χ1) is 12.2. The molecule has 3 rings (SSSR count). The Labute approximate surface area is 153 Å². The van der Waals surface area contributed by atoms with Gasteiger partial charge < -0.3 is 0 Å². The van der Waals surface area contributed by atoms with Crippen molar-refractivity contribution in [3.05, 3.63) is 91.0 Å². The first kappa shape index (κ1) is 17.9. The molecule has 0 aliphatic heterocycles. The van der Waals surface area contributed by atoms with Gasteiger partial charge in [-0.2, -0.15) is 0 Å². The molecule has 0 atom stereocenters. The quantitative estimate of drug-likeness (QED) is 0.518. The molecule has 0 aromatic heterocycles. The predicted molar refractivity (Wildman–Crippen MR) is 115 cm³/mol. The van der Waals surface area contributed by atoms with Gasteiger partial charge in [0.05, 0.1) is 0 Å². The second kappa shape index (κ2) is 8.45. The van der Waals surface area contributed by atoms with E-state index < -0.39 is 7.26 Å². The minimum atomic E-state index is -1.99. The van der Waals surface area contributed by atoms with Crippen LogP contribution in [0.2, 0.25) is 0 Å². The first-order valence-corrected chi connectivity index (χ1v) is 11.6. The molecule has 25 heavy (non-hydrogen) atoms. The fourth-order valence-electron chi connectivity index (χ4n) is 3.88. The Morgan fingerprint density at radius 2 is 0.960 bits per heavy atom. The van der Waals surface area contributed by atoms with Crippen LogP contribution in [0.4, 0.5) is 0 Å². The van der Waals surface area contributed by atoms with Crippen molar-refractivity contribution in [1.82, 2.24) is 0 Å². The molecule has 0 unspecified atom stereocenters. The van der Waals surface area contributed by atoms with Crippen LogP contribution in [-0.2, 0) is 0 Å². The van der Waals surface area contributed by atoms with E-state index in [0.717, 1.165) is 5.92 Å². The van der Waals surface area contributed by atoms with E-state index in [0.29, 0.717) is 0 Å². The monoisotopic (exact) mass is 348 g/mol. The fraction of sp³-hybridized carbons (Fsp3) is 0.250. The van der Waals surface area contributed by atoms with Crippen molar-refractivity contribution < 1.29 is 0 Å². The van der Waals surface area contributed by atoms with Crippen molar-refractivity contribution in [3.8, 4) is 0 Å². The zero-order chi connectivity index (χ0) is 17.5. The van der Waals surface area contributed by atoms with E-state index in [4.69, 9.17) is 0 Å². The average molecular weight is 348 g/mol. The summed E-state index contributed by atoms with van der Waals surface area (Å²) < 4.78 is 0. The summed E-state index contributed by atoms with van der Waals surface area (Å²) in [7, 11) is -1.99. The average Bonchev–Trinajstić information content (AvgIpc) is 2.67. The Kier molecular flexibility index (Phi) is 6.05. The van der Waals surface area contributed by atoms with Gasteiger partial charge in [-0.3, -0.25) is 0 Å². The summed E-state index contributed by atoms with van der Waals surface area (Å²) in [4.78, 5) is 0. The molecule has 3 aromatic rings. The molecule has 0 nitrogen and oxygen atoms in total. The minimum absolute atomic E-state index is 0.758. The summed E-state index contributed by atoms with van der Waals surface area (Å²) in [6.07, 6.45) is 3.84. The molecular weight excluding hydrogens is 319 g/mol. The number of hydrogen-bond acceptors (Lipinski definition) is 0.